The minimum atomic E-state index is -0.623. The fourth-order valence-corrected chi connectivity index (χ4v) is 1.92. The zero-order valence-corrected chi connectivity index (χ0v) is 12.6. The second kappa shape index (κ2) is 7.22. The number of primary amides is 1. The van der Waals surface area contributed by atoms with Crippen molar-refractivity contribution in [2.75, 3.05) is 11.9 Å². The van der Waals surface area contributed by atoms with Crippen molar-refractivity contribution in [3.63, 3.8) is 0 Å². The maximum atomic E-state index is 12.1. The molecule has 0 unspecified atom stereocenters. The summed E-state index contributed by atoms with van der Waals surface area (Å²) in [7, 11) is 0. The molecule has 0 aliphatic carbocycles. The average Bonchev–Trinajstić information content (AvgIpc) is 2.53. The van der Waals surface area contributed by atoms with E-state index in [1.54, 1.807) is 30.3 Å². The van der Waals surface area contributed by atoms with Gasteiger partial charge in [-0.2, -0.15) is 0 Å². The Kier molecular flexibility index (Phi) is 5.09. The van der Waals surface area contributed by atoms with E-state index in [1.807, 2.05) is 19.1 Å². The molecule has 0 spiro atoms. The summed E-state index contributed by atoms with van der Waals surface area (Å²) in [6.45, 7) is 1.70. The van der Waals surface area contributed by atoms with Crippen LogP contribution in [0, 0.1) is 6.92 Å². The number of rotatable bonds is 5. The van der Waals surface area contributed by atoms with E-state index in [2.05, 4.69) is 10.6 Å². The zero-order chi connectivity index (χ0) is 16.8. The third-order valence-electron chi connectivity index (χ3n) is 3.12. The molecule has 0 aliphatic heterocycles. The maximum Gasteiger partial charge on any atom is 0.255 e. The largest absolute Gasteiger partial charge is 0.368 e. The fraction of sp³-hybridized carbons (Fsp3) is 0.118. The van der Waals surface area contributed by atoms with E-state index in [4.69, 9.17) is 5.73 Å². The van der Waals surface area contributed by atoms with E-state index >= 15 is 0 Å². The van der Waals surface area contributed by atoms with Crippen molar-refractivity contribution in [1.82, 2.24) is 5.32 Å². The molecule has 2 aromatic rings. The Morgan fingerprint density at radius 2 is 1.65 bits per heavy atom. The summed E-state index contributed by atoms with van der Waals surface area (Å²) in [5, 5.41) is 5.12. The van der Waals surface area contributed by atoms with Crippen molar-refractivity contribution >= 4 is 23.4 Å². The number of amides is 3. The van der Waals surface area contributed by atoms with Crippen LogP contribution in [-0.2, 0) is 4.79 Å². The summed E-state index contributed by atoms with van der Waals surface area (Å²) >= 11 is 0. The highest BCUT2D eigenvalue weighted by atomic mass is 16.2. The molecule has 23 heavy (non-hydrogen) atoms. The molecule has 3 amide bonds. The third kappa shape index (κ3) is 4.67. The van der Waals surface area contributed by atoms with Crippen molar-refractivity contribution < 1.29 is 14.4 Å². The molecule has 6 heteroatoms. The molecular weight excluding hydrogens is 294 g/mol. The number of carbonyl (C=O) groups excluding carboxylic acids is 3. The van der Waals surface area contributed by atoms with Crippen molar-refractivity contribution in [2.45, 2.75) is 6.92 Å². The van der Waals surface area contributed by atoms with E-state index < -0.39 is 11.8 Å². The molecule has 2 rings (SSSR count). The van der Waals surface area contributed by atoms with Crippen LogP contribution in [0.5, 0.6) is 0 Å². The lowest BCUT2D eigenvalue weighted by atomic mass is 10.1. The van der Waals surface area contributed by atoms with Gasteiger partial charge in [-0.05, 0) is 37.3 Å². The molecule has 0 aliphatic rings. The normalized spacial score (nSPS) is 9.96. The van der Waals surface area contributed by atoms with Gasteiger partial charge in [0.1, 0.15) is 0 Å². The first-order chi connectivity index (χ1) is 11.0. The summed E-state index contributed by atoms with van der Waals surface area (Å²) in [5.41, 5.74) is 7.39. The van der Waals surface area contributed by atoms with Crippen molar-refractivity contribution in [1.29, 1.82) is 0 Å². The first kappa shape index (κ1) is 16.2. The Bertz CT molecular complexity index is 739. The topological polar surface area (TPSA) is 101 Å². The molecule has 0 aromatic heterocycles. The molecular formula is C17H17N3O3. The molecule has 6 nitrogen and oxygen atoms in total. The summed E-state index contributed by atoms with van der Waals surface area (Å²) in [6.07, 6.45) is 0. The molecule has 118 valence electrons. The first-order valence-corrected chi connectivity index (χ1v) is 7.00. The minimum Gasteiger partial charge on any atom is -0.368 e. The van der Waals surface area contributed by atoms with Gasteiger partial charge in [0.05, 0.1) is 6.54 Å². The first-order valence-electron chi connectivity index (χ1n) is 7.00. The second-order valence-electron chi connectivity index (χ2n) is 5.05. The van der Waals surface area contributed by atoms with Crippen LogP contribution < -0.4 is 16.4 Å². The molecule has 2 aromatic carbocycles. The quantitative estimate of drug-likeness (QED) is 0.779. The van der Waals surface area contributed by atoms with Crippen molar-refractivity contribution in [3.05, 3.63) is 65.2 Å². The van der Waals surface area contributed by atoms with Crippen molar-refractivity contribution in [3.8, 4) is 0 Å². The number of anilines is 1. The summed E-state index contributed by atoms with van der Waals surface area (Å²) in [6, 6.07) is 13.6. The van der Waals surface area contributed by atoms with Gasteiger partial charge in [0.25, 0.3) is 11.8 Å². The van der Waals surface area contributed by atoms with Crippen LogP contribution in [0.1, 0.15) is 26.3 Å². The second-order valence-corrected chi connectivity index (χ2v) is 5.05. The molecule has 0 radical (unpaired) electrons. The lowest BCUT2D eigenvalue weighted by Crippen LogP contribution is -2.33. The summed E-state index contributed by atoms with van der Waals surface area (Å²) in [4.78, 5) is 34.7. The van der Waals surface area contributed by atoms with Gasteiger partial charge in [-0.1, -0.05) is 23.8 Å². The molecule has 0 atom stereocenters. The van der Waals surface area contributed by atoms with E-state index in [0.717, 1.165) is 5.56 Å². The van der Waals surface area contributed by atoms with Crippen LogP contribution in [0.2, 0.25) is 0 Å². The molecule has 4 N–H and O–H groups in total. The number of carbonyl (C=O) groups is 3. The van der Waals surface area contributed by atoms with Crippen LogP contribution in [0.3, 0.4) is 0 Å². The predicted molar refractivity (Wildman–Crippen MR) is 87.1 cm³/mol. The zero-order valence-electron chi connectivity index (χ0n) is 12.6. The minimum absolute atomic E-state index is 0.237. The molecule has 0 saturated heterocycles. The predicted octanol–water partition coefficient (Wildman–Crippen LogP) is 1.46. The number of nitrogens with two attached hydrogens (primary N) is 1. The van der Waals surface area contributed by atoms with Gasteiger partial charge in [-0.15, -0.1) is 0 Å². The highest BCUT2D eigenvalue weighted by Crippen LogP contribution is 2.13. The van der Waals surface area contributed by atoms with Gasteiger partial charge in [-0.25, -0.2) is 0 Å². The molecule has 0 heterocycles. The standard InChI is InChI=1S/C17H17N3O3/c1-11-5-7-12(8-6-11)17(23)20-14-4-2-3-13(9-14)16(22)19-10-15(18)21/h2-9H,10H2,1H3,(H2,18,21)(H,19,22)(H,20,23). The highest BCUT2D eigenvalue weighted by molar-refractivity contribution is 6.05. The van der Waals surface area contributed by atoms with Gasteiger partial charge in [-0.3, -0.25) is 14.4 Å². The number of nitrogens with one attached hydrogen (secondary N) is 2. The number of hydrogen-bond donors (Lipinski definition) is 3. The Hall–Kier alpha value is -3.15. The Balaban J connectivity index is 2.07. The van der Waals surface area contributed by atoms with E-state index in [9.17, 15) is 14.4 Å². The van der Waals surface area contributed by atoms with E-state index in [-0.39, 0.29) is 12.5 Å². The van der Waals surface area contributed by atoms with Crippen LogP contribution in [0.15, 0.2) is 48.5 Å². The van der Waals surface area contributed by atoms with Gasteiger partial charge in [0.2, 0.25) is 5.91 Å². The molecule has 0 fully saturated rings. The monoisotopic (exact) mass is 311 g/mol. The molecule has 0 saturated carbocycles. The smallest absolute Gasteiger partial charge is 0.255 e. The summed E-state index contributed by atoms with van der Waals surface area (Å²) in [5.74, 6) is -1.32. The highest BCUT2D eigenvalue weighted by Gasteiger charge is 2.09. The van der Waals surface area contributed by atoms with E-state index in [1.165, 1.54) is 6.07 Å². The number of benzene rings is 2. The fourth-order valence-electron chi connectivity index (χ4n) is 1.92. The lowest BCUT2D eigenvalue weighted by Gasteiger charge is -2.08. The van der Waals surface area contributed by atoms with Gasteiger partial charge in [0.15, 0.2) is 0 Å². The SMILES string of the molecule is Cc1ccc(C(=O)Nc2cccc(C(=O)NCC(N)=O)c2)cc1. The van der Waals surface area contributed by atoms with E-state index in [0.29, 0.717) is 16.8 Å². The summed E-state index contributed by atoms with van der Waals surface area (Å²) < 4.78 is 0. The van der Waals surface area contributed by atoms with Crippen LogP contribution in [-0.4, -0.2) is 24.3 Å². The van der Waals surface area contributed by atoms with Crippen molar-refractivity contribution in [2.24, 2.45) is 5.73 Å². The van der Waals surface area contributed by atoms with Crippen LogP contribution in [0.4, 0.5) is 5.69 Å². The van der Waals surface area contributed by atoms with Gasteiger partial charge in [0, 0.05) is 16.8 Å². The third-order valence-corrected chi connectivity index (χ3v) is 3.12. The Morgan fingerprint density at radius 3 is 2.30 bits per heavy atom. The van der Waals surface area contributed by atoms with Crippen LogP contribution >= 0.6 is 0 Å². The maximum absolute atomic E-state index is 12.1. The van der Waals surface area contributed by atoms with Gasteiger partial charge >= 0.3 is 0 Å². The van der Waals surface area contributed by atoms with Crippen LogP contribution in [0.25, 0.3) is 0 Å². The lowest BCUT2D eigenvalue weighted by molar-refractivity contribution is -0.117. The Morgan fingerprint density at radius 1 is 0.957 bits per heavy atom. The molecule has 0 bridgehead atoms. The number of hydrogen-bond acceptors (Lipinski definition) is 3. The van der Waals surface area contributed by atoms with Gasteiger partial charge < -0.3 is 16.4 Å². The Labute approximate surface area is 133 Å². The average molecular weight is 311 g/mol. The number of aryl methyl sites for hydroxylation is 1.